The van der Waals surface area contributed by atoms with E-state index in [0.717, 1.165) is 84.4 Å². The minimum atomic E-state index is -0.358. The molecule has 2 aliphatic rings. The molecule has 2 aliphatic heterocycles. The lowest BCUT2D eigenvalue weighted by Crippen LogP contribution is -2.37. The number of nitrogens with zero attached hydrogens (tertiary/aromatic N) is 3. The zero-order chi connectivity index (χ0) is 25.5. The van der Waals surface area contributed by atoms with Gasteiger partial charge in [0, 0.05) is 85.8 Å². The van der Waals surface area contributed by atoms with Gasteiger partial charge in [-0.05, 0) is 24.6 Å². The number of carbonyl (C=O) groups excluding carboxylic acids is 2. The molecular formula is C29H31N5O3. The van der Waals surface area contributed by atoms with Crippen molar-refractivity contribution in [1.82, 2.24) is 19.8 Å². The molecule has 190 valence electrons. The highest BCUT2D eigenvalue weighted by molar-refractivity contribution is 6.50. The van der Waals surface area contributed by atoms with E-state index in [1.807, 2.05) is 50.8 Å². The second-order valence-corrected chi connectivity index (χ2v) is 9.92. The van der Waals surface area contributed by atoms with E-state index in [1.54, 1.807) is 0 Å². The molecule has 2 aromatic heterocycles. The molecule has 2 aromatic carbocycles. The number of benzene rings is 2. The molecule has 0 atom stereocenters. The van der Waals surface area contributed by atoms with Gasteiger partial charge in [-0.2, -0.15) is 0 Å². The molecule has 1 fully saturated rings. The fraction of sp³-hybridized carbons (Fsp3) is 0.310. The summed E-state index contributed by atoms with van der Waals surface area (Å²) in [7, 11) is 4.04. The molecule has 37 heavy (non-hydrogen) atoms. The number of para-hydroxylation sites is 1. The van der Waals surface area contributed by atoms with Gasteiger partial charge in [-0.15, -0.1) is 0 Å². The van der Waals surface area contributed by atoms with Crippen molar-refractivity contribution in [2.45, 2.75) is 13.0 Å². The third-order valence-corrected chi connectivity index (χ3v) is 7.42. The molecule has 8 nitrogen and oxygen atoms in total. The first-order valence-corrected chi connectivity index (χ1v) is 12.8. The second kappa shape index (κ2) is 9.53. The molecule has 0 aliphatic carbocycles. The minimum Gasteiger partial charge on any atom is -0.379 e. The van der Waals surface area contributed by atoms with Crippen molar-refractivity contribution in [3.8, 4) is 0 Å². The Bertz CT molecular complexity index is 1540. The van der Waals surface area contributed by atoms with Crippen LogP contribution in [0.15, 0.2) is 54.9 Å². The summed E-state index contributed by atoms with van der Waals surface area (Å²) >= 11 is 0. The van der Waals surface area contributed by atoms with Gasteiger partial charge in [-0.1, -0.05) is 24.3 Å². The van der Waals surface area contributed by atoms with Gasteiger partial charge in [-0.25, -0.2) is 0 Å². The van der Waals surface area contributed by atoms with Crippen LogP contribution in [0.5, 0.6) is 0 Å². The topological polar surface area (TPSA) is 82.6 Å². The average Bonchev–Trinajstić information content (AvgIpc) is 3.57. The molecule has 6 rings (SSSR count). The Kier molecular flexibility index (Phi) is 6.06. The first kappa shape index (κ1) is 23.5. The molecule has 2 N–H and O–H groups in total. The highest BCUT2D eigenvalue weighted by Gasteiger charge is 2.35. The first-order valence-electron chi connectivity index (χ1n) is 12.8. The summed E-state index contributed by atoms with van der Waals surface area (Å²) in [5.41, 5.74) is 5.46. The SMILES string of the molecule is CN(C)c1ccc2c(C3=C(c4c[nH]c5ccccc45)C(=O)NC3=O)cn(CCCN3CCOCC3)c2c1. The van der Waals surface area contributed by atoms with Gasteiger partial charge >= 0.3 is 0 Å². The van der Waals surface area contributed by atoms with E-state index in [9.17, 15) is 9.59 Å². The number of rotatable bonds is 7. The number of aryl methyl sites for hydroxylation is 1. The Hall–Kier alpha value is -3.88. The summed E-state index contributed by atoms with van der Waals surface area (Å²) in [6.07, 6.45) is 4.85. The maximum Gasteiger partial charge on any atom is 0.259 e. The molecule has 4 heterocycles. The van der Waals surface area contributed by atoms with Crippen LogP contribution in [0, 0.1) is 0 Å². The van der Waals surface area contributed by atoms with Crippen LogP contribution in [-0.2, 0) is 20.9 Å². The zero-order valence-corrected chi connectivity index (χ0v) is 21.2. The standard InChI is InChI=1S/C29H31N5O3/c1-32(2)19-8-9-21-23(18-34(25(21)16-19)11-5-10-33-12-14-37-15-13-33)27-26(28(35)31-29(27)36)22-17-30-24-7-4-3-6-20(22)24/h3-4,6-9,16-18,30H,5,10-15H2,1-2H3,(H,31,35,36). The average molecular weight is 498 g/mol. The molecule has 0 unspecified atom stereocenters. The number of H-pyrrole nitrogens is 1. The fourth-order valence-corrected chi connectivity index (χ4v) is 5.48. The van der Waals surface area contributed by atoms with Crippen LogP contribution in [0.1, 0.15) is 17.5 Å². The molecule has 2 amide bonds. The third-order valence-electron chi connectivity index (χ3n) is 7.42. The van der Waals surface area contributed by atoms with Crippen LogP contribution in [0.4, 0.5) is 5.69 Å². The van der Waals surface area contributed by atoms with Crippen LogP contribution in [0.3, 0.4) is 0 Å². The predicted octanol–water partition coefficient (Wildman–Crippen LogP) is 3.48. The number of anilines is 1. The van der Waals surface area contributed by atoms with Gasteiger partial charge < -0.3 is 19.2 Å². The van der Waals surface area contributed by atoms with Gasteiger partial charge in [0.2, 0.25) is 0 Å². The molecule has 8 heteroatoms. The number of hydrogen-bond donors (Lipinski definition) is 2. The second-order valence-electron chi connectivity index (χ2n) is 9.92. The van der Waals surface area contributed by atoms with Crippen LogP contribution in [0.25, 0.3) is 33.0 Å². The molecule has 4 aromatic rings. The summed E-state index contributed by atoms with van der Waals surface area (Å²) < 4.78 is 7.71. The van der Waals surface area contributed by atoms with Gasteiger partial charge in [0.25, 0.3) is 11.8 Å². The lowest BCUT2D eigenvalue weighted by Gasteiger charge is -2.26. The molecule has 0 bridgehead atoms. The Morgan fingerprint density at radius 2 is 1.68 bits per heavy atom. The molecule has 0 spiro atoms. The number of nitrogens with one attached hydrogen (secondary N) is 2. The van der Waals surface area contributed by atoms with Crippen molar-refractivity contribution < 1.29 is 14.3 Å². The van der Waals surface area contributed by atoms with Crippen LogP contribution in [-0.4, -0.2) is 73.2 Å². The maximum absolute atomic E-state index is 13.2. The number of amides is 2. The number of aromatic amines is 1. The lowest BCUT2D eigenvalue weighted by atomic mass is 9.95. The van der Waals surface area contributed by atoms with Crippen LogP contribution < -0.4 is 10.2 Å². The monoisotopic (exact) mass is 497 g/mol. The molecule has 0 saturated carbocycles. The number of aromatic nitrogens is 2. The number of morpholine rings is 1. The Morgan fingerprint density at radius 3 is 2.46 bits per heavy atom. The van der Waals surface area contributed by atoms with Crippen molar-refractivity contribution >= 4 is 50.5 Å². The summed E-state index contributed by atoms with van der Waals surface area (Å²) in [6, 6.07) is 14.1. The van der Waals surface area contributed by atoms with E-state index in [1.165, 1.54) is 0 Å². The Labute approximate surface area is 215 Å². The van der Waals surface area contributed by atoms with E-state index in [2.05, 4.69) is 42.9 Å². The van der Waals surface area contributed by atoms with Gasteiger partial charge in [0.1, 0.15) is 0 Å². The number of fused-ring (bicyclic) bond motifs is 2. The van der Waals surface area contributed by atoms with Crippen LogP contribution in [0.2, 0.25) is 0 Å². The molecule has 1 saturated heterocycles. The van der Waals surface area contributed by atoms with Crippen LogP contribution >= 0.6 is 0 Å². The number of imide groups is 1. The number of carbonyl (C=O) groups is 2. The quantitative estimate of drug-likeness (QED) is 0.382. The largest absolute Gasteiger partial charge is 0.379 e. The minimum absolute atomic E-state index is 0.352. The highest BCUT2D eigenvalue weighted by Crippen LogP contribution is 2.39. The smallest absolute Gasteiger partial charge is 0.259 e. The van der Waals surface area contributed by atoms with E-state index in [0.29, 0.717) is 11.1 Å². The van der Waals surface area contributed by atoms with E-state index in [-0.39, 0.29) is 11.8 Å². The third kappa shape index (κ3) is 4.22. The van der Waals surface area contributed by atoms with Crippen molar-refractivity contribution in [2.24, 2.45) is 0 Å². The van der Waals surface area contributed by atoms with E-state index >= 15 is 0 Å². The van der Waals surface area contributed by atoms with Crippen molar-refractivity contribution in [3.63, 3.8) is 0 Å². The van der Waals surface area contributed by atoms with Crippen molar-refractivity contribution in [3.05, 3.63) is 66.0 Å². The number of ether oxygens (including phenoxy) is 1. The van der Waals surface area contributed by atoms with Crippen molar-refractivity contribution in [2.75, 3.05) is 51.8 Å². The maximum atomic E-state index is 13.2. The normalized spacial score (nSPS) is 16.8. The van der Waals surface area contributed by atoms with Gasteiger partial charge in [-0.3, -0.25) is 19.8 Å². The fourth-order valence-electron chi connectivity index (χ4n) is 5.48. The lowest BCUT2D eigenvalue weighted by molar-refractivity contribution is -0.122. The predicted molar refractivity (Wildman–Crippen MR) is 146 cm³/mol. The first-order chi connectivity index (χ1) is 18.0. The molecule has 0 radical (unpaired) electrons. The molecular weight excluding hydrogens is 466 g/mol. The summed E-state index contributed by atoms with van der Waals surface area (Å²) in [6.45, 7) is 5.31. The van der Waals surface area contributed by atoms with E-state index in [4.69, 9.17) is 4.74 Å². The zero-order valence-electron chi connectivity index (χ0n) is 21.2. The Morgan fingerprint density at radius 1 is 0.919 bits per heavy atom. The summed E-state index contributed by atoms with van der Waals surface area (Å²) in [4.78, 5) is 34.1. The van der Waals surface area contributed by atoms with Gasteiger partial charge in [0.05, 0.1) is 29.9 Å². The Balaban J connectivity index is 1.46. The summed E-state index contributed by atoms with van der Waals surface area (Å²) in [5.74, 6) is -0.711. The number of hydrogen-bond acceptors (Lipinski definition) is 5. The van der Waals surface area contributed by atoms with Crippen molar-refractivity contribution in [1.29, 1.82) is 0 Å². The van der Waals surface area contributed by atoms with Gasteiger partial charge in [0.15, 0.2) is 0 Å². The highest BCUT2D eigenvalue weighted by atomic mass is 16.5. The van der Waals surface area contributed by atoms with E-state index < -0.39 is 0 Å². The summed E-state index contributed by atoms with van der Waals surface area (Å²) in [5, 5.41) is 4.44.